The predicted molar refractivity (Wildman–Crippen MR) is 72.1 cm³/mol. The van der Waals surface area contributed by atoms with Crippen LogP contribution in [0.5, 0.6) is 0 Å². The molecule has 4 nitrogen and oxygen atoms in total. The Hall–Kier alpha value is -2.10. The van der Waals surface area contributed by atoms with E-state index in [1.165, 1.54) is 30.5 Å². The van der Waals surface area contributed by atoms with E-state index in [2.05, 4.69) is 6.92 Å². The van der Waals surface area contributed by atoms with Gasteiger partial charge in [0, 0.05) is 0 Å². The summed E-state index contributed by atoms with van der Waals surface area (Å²) in [6.07, 6.45) is 7.50. The minimum absolute atomic E-state index is 0.145. The molecule has 1 aromatic carbocycles. The van der Waals surface area contributed by atoms with E-state index in [9.17, 15) is 9.59 Å². The molecule has 0 amide bonds. The van der Waals surface area contributed by atoms with Gasteiger partial charge in [-0.25, -0.2) is 9.59 Å². The van der Waals surface area contributed by atoms with Crippen molar-refractivity contribution in [3.05, 3.63) is 47.7 Å². The van der Waals surface area contributed by atoms with Gasteiger partial charge in [-0.15, -0.1) is 0 Å². The standard InChI is InChI=1S/C15H18O4/c1-2-3-4-5-6-11-19-15(18)13-9-7-12(8-10-13)14(16)17/h6-11H,2-5H2,1H3,(H,16,17). The van der Waals surface area contributed by atoms with Gasteiger partial charge in [0.25, 0.3) is 0 Å². The van der Waals surface area contributed by atoms with Crippen molar-refractivity contribution in [2.75, 3.05) is 0 Å². The van der Waals surface area contributed by atoms with Crippen molar-refractivity contribution >= 4 is 11.9 Å². The molecule has 0 bridgehead atoms. The number of aromatic carboxylic acids is 1. The molecule has 0 saturated heterocycles. The van der Waals surface area contributed by atoms with Gasteiger partial charge < -0.3 is 9.84 Å². The number of hydrogen-bond donors (Lipinski definition) is 1. The molecule has 0 aliphatic heterocycles. The van der Waals surface area contributed by atoms with Crippen LogP contribution in [-0.4, -0.2) is 17.0 Å². The van der Waals surface area contributed by atoms with Crippen LogP contribution in [0.15, 0.2) is 36.6 Å². The lowest BCUT2D eigenvalue weighted by Gasteiger charge is -2.00. The first-order chi connectivity index (χ1) is 9.15. The van der Waals surface area contributed by atoms with Crippen molar-refractivity contribution in [2.24, 2.45) is 0 Å². The quantitative estimate of drug-likeness (QED) is 0.463. The van der Waals surface area contributed by atoms with Crippen LogP contribution in [0.25, 0.3) is 0 Å². The largest absolute Gasteiger partial charge is 0.478 e. The predicted octanol–water partition coefficient (Wildman–Crippen LogP) is 3.64. The highest BCUT2D eigenvalue weighted by Crippen LogP contribution is 2.07. The summed E-state index contributed by atoms with van der Waals surface area (Å²) >= 11 is 0. The van der Waals surface area contributed by atoms with Gasteiger partial charge in [0.15, 0.2) is 0 Å². The number of carboxylic acid groups (broad SMARTS) is 1. The van der Waals surface area contributed by atoms with Gasteiger partial charge in [-0.3, -0.25) is 0 Å². The molecule has 0 atom stereocenters. The monoisotopic (exact) mass is 262 g/mol. The summed E-state index contributed by atoms with van der Waals surface area (Å²) in [5.74, 6) is -1.50. The van der Waals surface area contributed by atoms with Gasteiger partial charge in [-0.1, -0.05) is 19.8 Å². The Morgan fingerprint density at radius 2 is 1.79 bits per heavy atom. The molecule has 0 fully saturated rings. The summed E-state index contributed by atoms with van der Waals surface area (Å²) < 4.78 is 4.94. The fourth-order valence-electron chi connectivity index (χ4n) is 1.51. The molecule has 4 heteroatoms. The van der Waals surface area contributed by atoms with Crippen molar-refractivity contribution in [2.45, 2.75) is 32.6 Å². The Labute approximate surface area is 112 Å². The lowest BCUT2D eigenvalue weighted by molar-refractivity contribution is 0.0656. The summed E-state index contributed by atoms with van der Waals surface area (Å²) in [7, 11) is 0. The number of ether oxygens (including phenoxy) is 1. The maximum atomic E-state index is 11.6. The first-order valence-electron chi connectivity index (χ1n) is 6.34. The van der Waals surface area contributed by atoms with Crippen molar-refractivity contribution in [3.63, 3.8) is 0 Å². The number of unbranched alkanes of at least 4 members (excludes halogenated alkanes) is 3. The van der Waals surface area contributed by atoms with Gasteiger partial charge >= 0.3 is 11.9 Å². The van der Waals surface area contributed by atoms with E-state index < -0.39 is 11.9 Å². The minimum atomic E-state index is -1.02. The second kappa shape index (κ2) is 8.08. The van der Waals surface area contributed by atoms with Crippen LogP contribution in [0.1, 0.15) is 53.3 Å². The first-order valence-corrected chi connectivity index (χ1v) is 6.34. The lowest BCUT2D eigenvalue weighted by Crippen LogP contribution is -2.02. The van der Waals surface area contributed by atoms with E-state index in [1.807, 2.05) is 6.08 Å². The molecule has 1 rings (SSSR count). The van der Waals surface area contributed by atoms with Crippen LogP contribution >= 0.6 is 0 Å². The second-order valence-electron chi connectivity index (χ2n) is 4.16. The van der Waals surface area contributed by atoms with Crippen molar-refractivity contribution in [3.8, 4) is 0 Å². The zero-order valence-corrected chi connectivity index (χ0v) is 11.0. The maximum absolute atomic E-state index is 11.6. The second-order valence-corrected chi connectivity index (χ2v) is 4.16. The summed E-state index contributed by atoms with van der Waals surface area (Å²) in [5, 5.41) is 8.73. The number of benzene rings is 1. The average molecular weight is 262 g/mol. The number of rotatable bonds is 7. The molecule has 0 aliphatic carbocycles. The molecule has 0 spiro atoms. The Balaban J connectivity index is 2.43. The van der Waals surface area contributed by atoms with Gasteiger partial charge in [0.2, 0.25) is 0 Å². The van der Waals surface area contributed by atoms with Crippen molar-refractivity contribution in [1.29, 1.82) is 0 Å². The Morgan fingerprint density at radius 1 is 1.16 bits per heavy atom. The number of carbonyl (C=O) groups is 2. The summed E-state index contributed by atoms with van der Waals surface area (Å²) in [6, 6.07) is 5.64. The highest BCUT2D eigenvalue weighted by molar-refractivity contribution is 5.92. The van der Waals surface area contributed by atoms with E-state index in [-0.39, 0.29) is 5.56 Å². The fourth-order valence-corrected chi connectivity index (χ4v) is 1.51. The molecule has 1 aromatic rings. The van der Waals surface area contributed by atoms with Gasteiger partial charge in [0.05, 0.1) is 17.4 Å². The summed E-state index contributed by atoms with van der Waals surface area (Å²) in [6.45, 7) is 2.13. The SMILES string of the molecule is CCCCCC=COC(=O)c1ccc(C(=O)O)cc1. The number of hydrogen-bond acceptors (Lipinski definition) is 3. The smallest absolute Gasteiger partial charge is 0.342 e. The molecule has 0 saturated carbocycles. The van der Waals surface area contributed by atoms with E-state index >= 15 is 0 Å². The third-order valence-corrected chi connectivity index (χ3v) is 2.61. The van der Waals surface area contributed by atoms with Gasteiger partial charge in [0.1, 0.15) is 0 Å². The molecule has 0 aliphatic rings. The molecular formula is C15H18O4. The Bertz CT molecular complexity index is 446. The molecule has 1 N–H and O–H groups in total. The molecule has 0 radical (unpaired) electrons. The average Bonchev–Trinajstić information content (AvgIpc) is 2.42. The number of carboxylic acids is 1. The molecule has 102 valence electrons. The van der Waals surface area contributed by atoms with E-state index in [4.69, 9.17) is 9.84 Å². The topological polar surface area (TPSA) is 63.6 Å². The summed E-state index contributed by atoms with van der Waals surface area (Å²) in [4.78, 5) is 22.2. The minimum Gasteiger partial charge on any atom is -0.478 e. The lowest BCUT2D eigenvalue weighted by atomic mass is 10.1. The molecule has 19 heavy (non-hydrogen) atoms. The van der Waals surface area contributed by atoms with Crippen LogP contribution < -0.4 is 0 Å². The van der Waals surface area contributed by atoms with Crippen LogP contribution in [0.2, 0.25) is 0 Å². The number of esters is 1. The third-order valence-electron chi connectivity index (χ3n) is 2.61. The molecule has 0 heterocycles. The Kier molecular flexibility index (Phi) is 6.36. The number of carbonyl (C=O) groups excluding carboxylic acids is 1. The van der Waals surface area contributed by atoms with Gasteiger partial charge in [-0.05, 0) is 43.2 Å². The third kappa shape index (κ3) is 5.38. The molecule has 0 unspecified atom stereocenters. The van der Waals surface area contributed by atoms with Crippen molar-refractivity contribution < 1.29 is 19.4 Å². The highest BCUT2D eigenvalue weighted by Gasteiger charge is 2.07. The molecule has 0 aromatic heterocycles. The van der Waals surface area contributed by atoms with E-state index in [0.717, 1.165) is 25.7 Å². The van der Waals surface area contributed by atoms with Gasteiger partial charge in [-0.2, -0.15) is 0 Å². The number of allylic oxidation sites excluding steroid dienone is 1. The van der Waals surface area contributed by atoms with Crippen LogP contribution in [-0.2, 0) is 4.74 Å². The summed E-state index contributed by atoms with van der Waals surface area (Å²) in [5.41, 5.74) is 0.481. The fraction of sp³-hybridized carbons (Fsp3) is 0.333. The normalized spacial score (nSPS) is 10.6. The zero-order valence-electron chi connectivity index (χ0n) is 11.0. The van der Waals surface area contributed by atoms with Crippen molar-refractivity contribution in [1.82, 2.24) is 0 Å². The molecular weight excluding hydrogens is 244 g/mol. The van der Waals surface area contributed by atoms with Crippen LogP contribution in [0, 0.1) is 0 Å². The Morgan fingerprint density at radius 3 is 2.37 bits per heavy atom. The van der Waals surface area contributed by atoms with E-state index in [1.54, 1.807) is 0 Å². The first kappa shape index (κ1) is 15.0. The zero-order chi connectivity index (χ0) is 14.1. The highest BCUT2D eigenvalue weighted by atomic mass is 16.5. The van der Waals surface area contributed by atoms with E-state index in [0.29, 0.717) is 5.56 Å². The van der Waals surface area contributed by atoms with Crippen LogP contribution in [0.3, 0.4) is 0 Å². The maximum Gasteiger partial charge on any atom is 0.342 e. The van der Waals surface area contributed by atoms with Crippen LogP contribution in [0.4, 0.5) is 0 Å².